The van der Waals surface area contributed by atoms with Crippen LogP contribution in [0.4, 0.5) is 9.59 Å². The highest BCUT2D eigenvalue weighted by Crippen LogP contribution is 2.33. The summed E-state index contributed by atoms with van der Waals surface area (Å²) >= 11 is 0. The van der Waals surface area contributed by atoms with Gasteiger partial charge in [-0.15, -0.1) is 0 Å². The fourth-order valence-electron chi connectivity index (χ4n) is 4.48. The van der Waals surface area contributed by atoms with E-state index in [1.54, 1.807) is 27.7 Å². The summed E-state index contributed by atoms with van der Waals surface area (Å²) in [5.74, 6) is -1.35. The smallest absolute Gasteiger partial charge is 0.329 e. The van der Waals surface area contributed by atoms with Crippen LogP contribution < -0.4 is 0 Å². The summed E-state index contributed by atoms with van der Waals surface area (Å²) in [6.45, 7) is 6.70. The summed E-state index contributed by atoms with van der Waals surface area (Å²) in [6, 6.07) is -1.03. The van der Waals surface area contributed by atoms with Crippen molar-refractivity contribution in [1.29, 1.82) is 0 Å². The molecule has 208 valence electrons. The van der Waals surface area contributed by atoms with E-state index in [4.69, 9.17) is 0 Å². The lowest BCUT2D eigenvalue weighted by atomic mass is 10.0. The first-order valence-corrected chi connectivity index (χ1v) is 12.7. The van der Waals surface area contributed by atoms with Gasteiger partial charge in [0.15, 0.2) is 0 Å². The molecular weight excluding hydrogens is 484 g/mol. The number of unbranched alkanes of at least 4 members (excludes halogenated alkanes) is 4. The van der Waals surface area contributed by atoms with Crippen LogP contribution in [0.15, 0.2) is 0 Å². The normalized spacial score (nSPS) is 18.8. The summed E-state index contributed by atoms with van der Waals surface area (Å²) in [5, 5.41) is 0. The highest BCUT2D eigenvalue weighted by molar-refractivity contribution is 6.08. The molecule has 2 fully saturated rings. The van der Waals surface area contributed by atoms with Crippen molar-refractivity contribution in [3.05, 3.63) is 0 Å². The molecule has 12 nitrogen and oxygen atoms in total. The molecule has 6 amide bonds. The Morgan fingerprint density at radius 2 is 0.973 bits per heavy atom. The van der Waals surface area contributed by atoms with Crippen molar-refractivity contribution in [2.75, 3.05) is 34.0 Å². The number of urea groups is 2. The Bertz CT molecular complexity index is 844. The summed E-state index contributed by atoms with van der Waals surface area (Å²) in [7, 11) is 2.65. The predicted molar refractivity (Wildman–Crippen MR) is 132 cm³/mol. The van der Waals surface area contributed by atoms with Gasteiger partial charge in [-0.05, 0) is 53.4 Å². The second-order valence-electron chi connectivity index (χ2n) is 10.4. The Hall–Kier alpha value is -3.18. The number of rotatable bonds is 14. The molecule has 2 rings (SSSR count). The van der Waals surface area contributed by atoms with E-state index in [9.17, 15) is 28.8 Å². The fraction of sp³-hybridized carbons (Fsp3) is 0.760. The average Bonchev–Trinajstić information content (AvgIpc) is 3.11. The molecule has 0 atom stereocenters. The minimum Gasteiger partial charge on any atom is -0.469 e. The number of carbonyl (C=O) groups excluding carboxylic acids is 6. The topological polar surface area (TPSA) is 134 Å². The summed E-state index contributed by atoms with van der Waals surface area (Å²) in [5.41, 5.74) is -2.38. The molecule has 0 aromatic carbocycles. The predicted octanol–water partition coefficient (Wildman–Crippen LogP) is 2.50. The molecule has 0 aliphatic carbocycles. The average molecular weight is 525 g/mol. The van der Waals surface area contributed by atoms with Crippen LogP contribution in [0.25, 0.3) is 0 Å². The van der Waals surface area contributed by atoms with Crippen molar-refractivity contribution in [2.24, 2.45) is 0 Å². The second-order valence-corrected chi connectivity index (χ2v) is 10.4. The Kier molecular flexibility index (Phi) is 10.0. The maximum Gasteiger partial charge on any atom is 0.329 e. The Labute approximate surface area is 218 Å². The highest BCUT2D eigenvalue weighted by Gasteiger charge is 2.56. The molecule has 12 heteroatoms. The molecule has 0 aromatic heterocycles. The van der Waals surface area contributed by atoms with Gasteiger partial charge in [-0.3, -0.25) is 38.8 Å². The zero-order chi connectivity index (χ0) is 28.0. The SMILES string of the molecule is COC(=O)CCCCCN1C(=O)N(CN2C(=O)N(CCCCCC(=O)OC)C(=O)C2(C)C)C(C)(C)C1=O. The van der Waals surface area contributed by atoms with Crippen LogP contribution in [0.3, 0.4) is 0 Å². The second kappa shape index (κ2) is 12.4. The number of hydrogen-bond donors (Lipinski definition) is 0. The summed E-state index contributed by atoms with van der Waals surface area (Å²) in [6.07, 6.45) is 4.10. The molecule has 0 N–H and O–H groups in total. The highest BCUT2D eigenvalue weighted by atomic mass is 16.5. The van der Waals surface area contributed by atoms with E-state index in [1.165, 1.54) is 33.8 Å². The van der Waals surface area contributed by atoms with E-state index >= 15 is 0 Å². The van der Waals surface area contributed by atoms with Crippen LogP contribution in [0.2, 0.25) is 0 Å². The molecule has 0 aromatic rings. The van der Waals surface area contributed by atoms with Crippen molar-refractivity contribution in [3.63, 3.8) is 0 Å². The molecule has 37 heavy (non-hydrogen) atoms. The molecular formula is C25H40N4O8. The number of hydrogen-bond acceptors (Lipinski definition) is 8. The van der Waals surface area contributed by atoms with Crippen LogP contribution in [0.1, 0.15) is 79.1 Å². The monoisotopic (exact) mass is 524 g/mol. The van der Waals surface area contributed by atoms with Gasteiger partial charge < -0.3 is 9.47 Å². The van der Waals surface area contributed by atoms with Gasteiger partial charge in [0.25, 0.3) is 11.8 Å². The van der Waals surface area contributed by atoms with Crippen molar-refractivity contribution < 1.29 is 38.2 Å². The number of carbonyl (C=O) groups is 6. The van der Waals surface area contributed by atoms with Crippen LogP contribution in [0.5, 0.6) is 0 Å². The minimum absolute atomic E-state index is 0.201. The van der Waals surface area contributed by atoms with Crippen molar-refractivity contribution in [3.8, 4) is 0 Å². The lowest BCUT2D eigenvalue weighted by Crippen LogP contribution is -2.55. The number of methoxy groups -OCH3 is 2. The molecule has 0 unspecified atom stereocenters. The number of ether oxygens (including phenoxy) is 2. The maximum absolute atomic E-state index is 13.2. The Morgan fingerprint density at radius 1 is 0.622 bits per heavy atom. The largest absolute Gasteiger partial charge is 0.469 e. The standard InChI is InChI=1S/C25H40N4O8/c1-24(2)20(32)26(15-11-7-9-13-18(30)36-5)22(34)28(24)17-29-23(35)27(21(33)25(29,3)4)16-12-8-10-14-19(31)37-6/h7-17H2,1-6H3. The molecule has 2 heterocycles. The molecule has 2 aliphatic rings. The van der Waals surface area contributed by atoms with E-state index in [1.807, 2.05) is 0 Å². The fourth-order valence-corrected chi connectivity index (χ4v) is 4.48. The van der Waals surface area contributed by atoms with E-state index in [0.717, 1.165) is 0 Å². The van der Waals surface area contributed by atoms with Crippen LogP contribution >= 0.6 is 0 Å². The molecule has 2 saturated heterocycles. The first-order chi connectivity index (χ1) is 17.3. The van der Waals surface area contributed by atoms with Gasteiger partial charge >= 0.3 is 24.0 Å². The van der Waals surface area contributed by atoms with Crippen molar-refractivity contribution in [2.45, 2.75) is 90.1 Å². The van der Waals surface area contributed by atoms with Gasteiger partial charge in [0.05, 0.1) is 14.2 Å². The third-order valence-corrected chi connectivity index (χ3v) is 7.07. The summed E-state index contributed by atoms with van der Waals surface area (Å²) < 4.78 is 9.23. The third-order valence-electron chi connectivity index (χ3n) is 7.07. The first-order valence-electron chi connectivity index (χ1n) is 12.7. The quantitative estimate of drug-likeness (QED) is 0.192. The van der Waals surface area contributed by atoms with E-state index in [-0.39, 0.29) is 56.4 Å². The van der Waals surface area contributed by atoms with E-state index in [2.05, 4.69) is 9.47 Å². The maximum atomic E-state index is 13.2. The van der Waals surface area contributed by atoms with Gasteiger partial charge in [-0.25, -0.2) is 9.59 Å². The zero-order valence-corrected chi connectivity index (χ0v) is 22.8. The molecule has 0 bridgehead atoms. The van der Waals surface area contributed by atoms with Gasteiger partial charge in [0.1, 0.15) is 17.7 Å². The van der Waals surface area contributed by atoms with Crippen LogP contribution in [-0.2, 0) is 28.7 Å². The molecule has 0 saturated carbocycles. The molecule has 2 aliphatic heterocycles. The van der Waals surface area contributed by atoms with Gasteiger partial charge in [-0.1, -0.05) is 12.8 Å². The number of imide groups is 2. The first kappa shape index (κ1) is 30.0. The summed E-state index contributed by atoms with van der Waals surface area (Å²) in [4.78, 5) is 80.1. The Balaban J connectivity index is 2.01. The van der Waals surface area contributed by atoms with E-state index in [0.29, 0.717) is 38.5 Å². The lowest BCUT2D eigenvalue weighted by Gasteiger charge is -2.36. The van der Waals surface area contributed by atoms with Crippen molar-refractivity contribution >= 4 is 35.8 Å². The molecule has 0 spiro atoms. The molecule has 0 radical (unpaired) electrons. The third kappa shape index (κ3) is 6.58. The number of esters is 2. The number of amides is 6. The Morgan fingerprint density at radius 3 is 1.30 bits per heavy atom. The van der Waals surface area contributed by atoms with Gasteiger partial charge in [-0.2, -0.15) is 0 Å². The van der Waals surface area contributed by atoms with Crippen LogP contribution in [-0.4, -0.2) is 100 Å². The van der Waals surface area contributed by atoms with Gasteiger partial charge in [0.2, 0.25) is 0 Å². The van der Waals surface area contributed by atoms with Gasteiger partial charge in [0, 0.05) is 25.9 Å². The number of nitrogens with zero attached hydrogens (tertiary/aromatic N) is 4. The van der Waals surface area contributed by atoms with E-state index < -0.39 is 23.1 Å². The lowest BCUT2D eigenvalue weighted by molar-refractivity contribution is -0.141. The van der Waals surface area contributed by atoms with Crippen LogP contribution in [0, 0.1) is 0 Å². The minimum atomic E-state index is -1.19. The van der Waals surface area contributed by atoms with Crippen molar-refractivity contribution in [1.82, 2.24) is 19.6 Å². The zero-order valence-electron chi connectivity index (χ0n) is 22.8.